The molecule has 134 valence electrons. The fourth-order valence-electron chi connectivity index (χ4n) is 4.30. The molecule has 0 aromatic heterocycles. The first-order valence-electron chi connectivity index (χ1n) is 9.25. The van der Waals surface area contributed by atoms with Crippen molar-refractivity contribution in [2.45, 2.75) is 70.8 Å². The van der Waals surface area contributed by atoms with Crippen LogP contribution in [0.1, 0.15) is 69.9 Å². The minimum Gasteiger partial charge on any atom is -0.508 e. The number of benzene rings is 1. The highest BCUT2D eigenvalue weighted by atomic mass is 16.5. The predicted molar refractivity (Wildman–Crippen MR) is 98.7 cm³/mol. The van der Waals surface area contributed by atoms with E-state index in [2.05, 4.69) is 36.9 Å². The largest absolute Gasteiger partial charge is 0.508 e. The van der Waals surface area contributed by atoms with Gasteiger partial charge < -0.3 is 9.84 Å². The highest BCUT2D eigenvalue weighted by molar-refractivity contribution is 5.52. The number of rotatable bonds is 5. The third-order valence-electron chi connectivity index (χ3n) is 5.58. The number of fused-ring (bicyclic) bond motifs is 3. The van der Waals surface area contributed by atoms with Crippen molar-refractivity contribution in [1.29, 1.82) is 0 Å². The predicted octanol–water partition coefficient (Wildman–Crippen LogP) is 5.98. The smallest absolute Gasteiger partial charge is 0.127 e. The van der Waals surface area contributed by atoms with Crippen LogP contribution in [0.3, 0.4) is 0 Å². The van der Waals surface area contributed by atoms with Crippen LogP contribution in [0.15, 0.2) is 29.0 Å². The number of phenols is 1. The van der Waals surface area contributed by atoms with Gasteiger partial charge in [0.2, 0.25) is 0 Å². The van der Waals surface area contributed by atoms with Gasteiger partial charge in [0.05, 0.1) is 0 Å². The number of azide groups is 1. The molecule has 0 spiro atoms. The van der Waals surface area contributed by atoms with E-state index < -0.39 is 0 Å². The molecular formula is C20H27N3O2. The Balaban J connectivity index is 1.97. The third kappa shape index (κ3) is 3.47. The van der Waals surface area contributed by atoms with Crippen molar-refractivity contribution >= 4 is 0 Å². The lowest BCUT2D eigenvalue weighted by Gasteiger charge is -2.46. The van der Waals surface area contributed by atoms with Crippen molar-refractivity contribution in [2.75, 3.05) is 0 Å². The number of ether oxygens (including phenoxy) is 1. The summed E-state index contributed by atoms with van der Waals surface area (Å²) in [6.45, 7) is 6.41. The molecule has 1 aliphatic carbocycles. The average Bonchev–Trinajstić information content (AvgIpc) is 2.54. The van der Waals surface area contributed by atoms with Crippen molar-refractivity contribution in [1.82, 2.24) is 0 Å². The van der Waals surface area contributed by atoms with E-state index >= 15 is 0 Å². The maximum atomic E-state index is 10.7. The number of aromatic hydroxyl groups is 1. The molecule has 25 heavy (non-hydrogen) atoms. The summed E-state index contributed by atoms with van der Waals surface area (Å²) in [5, 5.41) is 14.5. The van der Waals surface area contributed by atoms with Crippen LogP contribution in [0.4, 0.5) is 0 Å². The molecule has 0 amide bonds. The fraction of sp³-hybridized carbons (Fsp3) is 0.600. The maximum Gasteiger partial charge on any atom is 0.127 e. The van der Waals surface area contributed by atoms with E-state index in [0.717, 1.165) is 41.8 Å². The molecular weight excluding hydrogens is 314 g/mol. The number of allylic oxidation sites excluding steroid dienone is 2. The minimum atomic E-state index is -0.315. The molecule has 2 atom stereocenters. The lowest BCUT2D eigenvalue weighted by molar-refractivity contribution is 0.00741. The fourth-order valence-corrected chi connectivity index (χ4v) is 4.30. The molecule has 2 unspecified atom stereocenters. The van der Waals surface area contributed by atoms with Crippen molar-refractivity contribution in [3.8, 4) is 11.5 Å². The van der Waals surface area contributed by atoms with E-state index in [1.807, 2.05) is 12.1 Å². The summed E-state index contributed by atoms with van der Waals surface area (Å²) >= 11 is 0. The number of aryl methyl sites for hydroxylation is 1. The van der Waals surface area contributed by atoms with Gasteiger partial charge in [-0.3, -0.25) is 0 Å². The Kier molecular flexibility index (Phi) is 4.96. The lowest BCUT2D eigenvalue weighted by atomic mass is 9.68. The summed E-state index contributed by atoms with van der Waals surface area (Å²) in [6.07, 6.45) is 7.89. The van der Waals surface area contributed by atoms with E-state index in [9.17, 15) is 5.11 Å². The second-order valence-corrected chi connectivity index (χ2v) is 7.73. The normalized spacial score (nSPS) is 23.6. The molecule has 1 aliphatic heterocycles. The zero-order valence-electron chi connectivity index (χ0n) is 15.3. The molecule has 3 rings (SSSR count). The molecule has 1 N–H and O–H groups in total. The molecule has 1 aromatic rings. The third-order valence-corrected chi connectivity index (χ3v) is 5.58. The maximum absolute atomic E-state index is 10.7. The second kappa shape index (κ2) is 7.01. The quantitative estimate of drug-likeness (QED) is 0.309. The number of hydrogen-bond acceptors (Lipinski definition) is 3. The topological polar surface area (TPSA) is 78.2 Å². The number of unbranched alkanes of at least 4 members (excludes halogenated alkanes) is 2. The molecule has 0 fully saturated rings. The van der Waals surface area contributed by atoms with Gasteiger partial charge in [0.15, 0.2) is 0 Å². The SMILES string of the molecule is CCCCCc1cc(O)c2c(c1)OC(C)(C)C1CC=C(N=[N+]=[N-])CC21. The van der Waals surface area contributed by atoms with Gasteiger partial charge in [-0.05, 0) is 62.8 Å². The monoisotopic (exact) mass is 341 g/mol. The molecule has 2 aliphatic rings. The van der Waals surface area contributed by atoms with Crippen molar-refractivity contribution in [3.63, 3.8) is 0 Å². The summed E-state index contributed by atoms with van der Waals surface area (Å²) in [4.78, 5) is 2.93. The van der Waals surface area contributed by atoms with Gasteiger partial charge in [0.25, 0.3) is 0 Å². The van der Waals surface area contributed by atoms with Crippen LogP contribution in [0.5, 0.6) is 11.5 Å². The van der Waals surface area contributed by atoms with Gasteiger partial charge >= 0.3 is 0 Å². The average molecular weight is 341 g/mol. The van der Waals surface area contributed by atoms with Crippen LogP contribution in [0, 0.1) is 5.92 Å². The van der Waals surface area contributed by atoms with Gasteiger partial charge in [-0.2, -0.15) is 0 Å². The van der Waals surface area contributed by atoms with Gasteiger partial charge in [0.1, 0.15) is 17.1 Å². The molecule has 5 nitrogen and oxygen atoms in total. The Bertz CT molecular complexity index is 733. The summed E-state index contributed by atoms with van der Waals surface area (Å²) in [5.41, 5.74) is 11.2. The number of phenolic OH excluding ortho intramolecular Hbond substituents is 1. The Labute approximate surface area is 149 Å². The molecule has 1 aromatic carbocycles. The highest BCUT2D eigenvalue weighted by Crippen LogP contribution is 2.54. The summed E-state index contributed by atoms with van der Waals surface area (Å²) in [5.74, 6) is 1.49. The first-order chi connectivity index (χ1) is 12.0. The lowest BCUT2D eigenvalue weighted by Crippen LogP contribution is -2.45. The van der Waals surface area contributed by atoms with Gasteiger partial charge in [-0.25, -0.2) is 0 Å². The van der Waals surface area contributed by atoms with E-state index in [-0.39, 0.29) is 17.4 Å². The van der Waals surface area contributed by atoms with Gasteiger partial charge in [0, 0.05) is 28.0 Å². The molecule has 0 radical (unpaired) electrons. The van der Waals surface area contributed by atoms with Crippen LogP contribution < -0.4 is 4.74 Å². The van der Waals surface area contributed by atoms with Gasteiger partial charge in [-0.1, -0.05) is 31.0 Å². The van der Waals surface area contributed by atoms with Crippen molar-refractivity contribution < 1.29 is 9.84 Å². The number of nitrogens with zero attached hydrogens (tertiary/aromatic N) is 3. The molecule has 0 saturated heterocycles. The van der Waals surface area contributed by atoms with Crippen LogP contribution in [-0.4, -0.2) is 10.7 Å². The first-order valence-corrected chi connectivity index (χ1v) is 9.25. The Morgan fingerprint density at radius 2 is 2.16 bits per heavy atom. The van der Waals surface area contributed by atoms with Crippen LogP contribution in [0.2, 0.25) is 0 Å². The molecule has 0 saturated carbocycles. The zero-order chi connectivity index (χ0) is 18.0. The van der Waals surface area contributed by atoms with Crippen molar-refractivity contribution in [3.05, 3.63) is 45.5 Å². The van der Waals surface area contributed by atoms with E-state index in [0.29, 0.717) is 12.2 Å². The standard InChI is InChI=1S/C20H27N3O2/c1-4-5-6-7-13-10-17(24)19-15-12-14(22-23-21)8-9-16(15)20(2,3)25-18(19)11-13/h8,10-11,15-16,24H,4-7,9,12H2,1-3H3. The van der Waals surface area contributed by atoms with Gasteiger partial charge in [-0.15, -0.1) is 0 Å². The zero-order valence-corrected chi connectivity index (χ0v) is 15.3. The second-order valence-electron chi connectivity index (χ2n) is 7.73. The molecule has 1 heterocycles. The molecule has 0 bridgehead atoms. The van der Waals surface area contributed by atoms with Crippen molar-refractivity contribution in [2.24, 2.45) is 11.0 Å². The summed E-state index contributed by atoms with van der Waals surface area (Å²) in [6, 6.07) is 3.98. The first kappa shape index (κ1) is 17.7. The van der Waals surface area contributed by atoms with E-state index in [1.165, 1.54) is 12.8 Å². The minimum absolute atomic E-state index is 0.119. The number of hydrogen-bond donors (Lipinski definition) is 1. The van der Waals surface area contributed by atoms with Crippen LogP contribution >= 0.6 is 0 Å². The van der Waals surface area contributed by atoms with E-state index in [4.69, 9.17) is 10.3 Å². The Morgan fingerprint density at radius 1 is 1.36 bits per heavy atom. The Morgan fingerprint density at radius 3 is 2.88 bits per heavy atom. The van der Waals surface area contributed by atoms with E-state index in [1.54, 1.807) is 0 Å². The molecule has 5 heteroatoms. The highest BCUT2D eigenvalue weighted by Gasteiger charge is 2.46. The summed E-state index contributed by atoms with van der Waals surface area (Å²) in [7, 11) is 0. The Hall–Kier alpha value is -2.13. The summed E-state index contributed by atoms with van der Waals surface area (Å²) < 4.78 is 6.32. The van der Waals surface area contributed by atoms with Crippen LogP contribution in [0.25, 0.3) is 10.4 Å². The van der Waals surface area contributed by atoms with Crippen LogP contribution in [-0.2, 0) is 6.42 Å².